The number of furan rings is 1. The minimum Gasteiger partial charge on any atom is -0.451 e. The van der Waals surface area contributed by atoms with Gasteiger partial charge in [-0.2, -0.15) is 0 Å². The highest BCUT2D eigenvalue weighted by molar-refractivity contribution is 6.33. The number of hydrogen-bond acceptors (Lipinski definition) is 3. The van der Waals surface area contributed by atoms with Crippen LogP contribution in [0.3, 0.4) is 0 Å². The summed E-state index contributed by atoms with van der Waals surface area (Å²) in [5, 5.41) is 0.580. The van der Waals surface area contributed by atoms with Crippen molar-refractivity contribution in [3.05, 3.63) is 47.2 Å². The summed E-state index contributed by atoms with van der Waals surface area (Å²) in [6, 6.07) is 10.9. The van der Waals surface area contributed by atoms with E-state index in [1.807, 2.05) is 25.2 Å². The molecule has 0 aliphatic carbocycles. The van der Waals surface area contributed by atoms with Crippen molar-refractivity contribution in [3.8, 4) is 11.3 Å². The average Bonchev–Trinajstić information content (AvgIpc) is 2.94. The standard InChI is InChI=1S/C19H19ClN2O3/c1-21-13-7-6-12(18(21)23)10-22(11-13)19(24)17-9-8-16(25-17)14-4-2-3-5-15(14)20/h2-5,8-9,12-13H,6-7,10-11H2,1H3. The van der Waals surface area contributed by atoms with E-state index in [0.717, 1.165) is 18.4 Å². The zero-order valence-corrected chi connectivity index (χ0v) is 14.7. The molecule has 1 aromatic heterocycles. The van der Waals surface area contributed by atoms with Gasteiger partial charge in [-0.1, -0.05) is 23.7 Å². The molecule has 2 atom stereocenters. The highest BCUT2D eigenvalue weighted by atomic mass is 35.5. The molecule has 4 heterocycles. The number of carbonyl (C=O) groups excluding carboxylic acids is 2. The molecule has 130 valence electrons. The van der Waals surface area contributed by atoms with E-state index in [0.29, 0.717) is 23.9 Å². The van der Waals surface area contributed by atoms with Gasteiger partial charge in [-0.05, 0) is 37.1 Å². The van der Waals surface area contributed by atoms with Crippen molar-refractivity contribution < 1.29 is 14.0 Å². The van der Waals surface area contributed by atoms with E-state index in [-0.39, 0.29) is 29.5 Å². The lowest BCUT2D eigenvalue weighted by Crippen LogP contribution is -2.45. The molecule has 2 amide bonds. The highest BCUT2D eigenvalue weighted by Crippen LogP contribution is 2.31. The monoisotopic (exact) mass is 358 g/mol. The number of benzene rings is 1. The van der Waals surface area contributed by atoms with Crippen LogP contribution in [0.4, 0.5) is 0 Å². The Bertz CT molecular complexity index is 832. The minimum atomic E-state index is -0.168. The van der Waals surface area contributed by atoms with Crippen LogP contribution >= 0.6 is 11.6 Å². The van der Waals surface area contributed by atoms with Gasteiger partial charge < -0.3 is 14.2 Å². The maximum absolute atomic E-state index is 12.9. The van der Waals surface area contributed by atoms with Crippen molar-refractivity contribution in [2.75, 3.05) is 20.1 Å². The third kappa shape index (κ3) is 2.82. The summed E-state index contributed by atoms with van der Waals surface area (Å²) in [7, 11) is 1.83. The molecule has 0 spiro atoms. The molecule has 25 heavy (non-hydrogen) atoms. The fourth-order valence-corrected chi connectivity index (χ4v) is 3.97. The van der Waals surface area contributed by atoms with Crippen LogP contribution in [0.2, 0.25) is 5.02 Å². The summed E-state index contributed by atoms with van der Waals surface area (Å²) in [6.45, 7) is 1.01. The molecule has 3 fully saturated rings. The molecular formula is C19H19ClN2O3. The molecule has 0 saturated carbocycles. The molecule has 1 aromatic carbocycles. The first-order valence-electron chi connectivity index (χ1n) is 8.45. The summed E-state index contributed by atoms with van der Waals surface area (Å²) >= 11 is 6.20. The molecule has 3 saturated heterocycles. The third-order valence-electron chi connectivity index (χ3n) is 5.21. The molecular weight excluding hydrogens is 340 g/mol. The number of amides is 2. The summed E-state index contributed by atoms with van der Waals surface area (Å²) in [4.78, 5) is 28.7. The normalized spacial score (nSPS) is 23.0. The van der Waals surface area contributed by atoms with Gasteiger partial charge in [0.1, 0.15) is 5.76 Å². The largest absolute Gasteiger partial charge is 0.451 e. The van der Waals surface area contributed by atoms with Gasteiger partial charge in [-0.15, -0.1) is 0 Å². The molecule has 3 aliphatic rings. The van der Waals surface area contributed by atoms with Crippen molar-refractivity contribution in [2.24, 2.45) is 5.92 Å². The van der Waals surface area contributed by atoms with Gasteiger partial charge in [0.2, 0.25) is 5.91 Å². The number of carbonyl (C=O) groups is 2. The lowest BCUT2D eigenvalue weighted by Gasteiger charge is -2.32. The number of rotatable bonds is 2. The van der Waals surface area contributed by atoms with E-state index in [1.54, 1.807) is 28.0 Å². The Labute approximate surface area is 151 Å². The minimum absolute atomic E-state index is 0.0909. The smallest absolute Gasteiger partial charge is 0.289 e. The average molecular weight is 359 g/mol. The molecule has 2 unspecified atom stereocenters. The van der Waals surface area contributed by atoms with E-state index in [4.69, 9.17) is 16.0 Å². The Morgan fingerprint density at radius 2 is 1.96 bits per heavy atom. The second-order valence-corrected chi connectivity index (χ2v) is 7.14. The number of hydrogen-bond donors (Lipinski definition) is 0. The second kappa shape index (κ2) is 6.23. The van der Waals surface area contributed by atoms with Crippen molar-refractivity contribution in [3.63, 3.8) is 0 Å². The van der Waals surface area contributed by atoms with Gasteiger partial charge in [0.25, 0.3) is 5.91 Å². The molecule has 2 aromatic rings. The van der Waals surface area contributed by atoms with Crippen molar-refractivity contribution in [1.29, 1.82) is 0 Å². The first-order chi connectivity index (χ1) is 12.0. The predicted molar refractivity (Wildman–Crippen MR) is 94.3 cm³/mol. The van der Waals surface area contributed by atoms with E-state index in [2.05, 4.69) is 0 Å². The number of piperidine rings is 1. The topological polar surface area (TPSA) is 53.8 Å². The molecule has 2 bridgehead atoms. The first kappa shape index (κ1) is 16.2. The van der Waals surface area contributed by atoms with Crippen LogP contribution in [0.1, 0.15) is 23.4 Å². The molecule has 3 aliphatic heterocycles. The van der Waals surface area contributed by atoms with Gasteiger partial charge in [-0.25, -0.2) is 0 Å². The summed E-state index contributed by atoms with van der Waals surface area (Å²) in [5.74, 6) is 0.720. The van der Waals surface area contributed by atoms with Gasteiger partial charge in [0.15, 0.2) is 5.76 Å². The fraction of sp³-hybridized carbons (Fsp3) is 0.368. The van der Waals surface area contributed by atoms with Crippen LogP contribution in [-0.4, -0.2) is 47.8 Å². The molecule has 6 heteroatoms. The molecule has 5 rings (SSSR count). The van der Waals surface area contributed by atoms with Gasteiger partial charge in [0.05, 0.1) is 10.9 Å². The van der Waals surface area contributed by atoms with E-state index < -0.39 is 0 Å². The first-order valence-corrected chi connectivity index (χ1v) is 8.83. The van der Waals surface area contributed by atoms with Crippen molar-refractivity contribution in [2.45, 2.75) is 18.9 Å². The Balaban J connectivity index is 1.58. The SMILES string of the molecule is CN1C(=O)C2CCC1CN(C(=O)c1ccc(-c3ccccc3Cl)o1)C2. The number of halogens is 1. The zero-order chi connectivity index (χ0) is 17.6. The molecule has 0 N–H and O–H groups in total. The lowest BCUT2D eigenvalue weighted by molar-refractivity contribution is -0.138. The summed E-state index contributed by atoms with van der Waals surface area (Å²) in [5.41, 5.74) is 0.758. The Hall–Kier alpha value is -2.27. The van der Waals surface area contributed by atoms with Crippen LogP contribution in [-0.2, 0) is 4.79 Å². The van der Waals surface area contributed by atoms with Crippen molar-refractivity contribution in [1.82, 2.24) is 9.80 Å². The third-order valence-corrected chi connectivity index (χ3v) is 5.54. The fourth-order valence-electron chi connectivity index (χ4n) is 3.74. The van der Waals surface area contributed by atoms with Gasteiger partial charge >= 0.3 is 0 Å². The molecule has 0 radical (unpaired) electrons. The summed E-state index contributed by atoms with van der Waals surface area (Å²) < 4.78 is 5.78. The zero-order valence-electron chi connectivity index (χ0n) is 13.9. The van der Waals surface area contributed by atoms with Gasteiger partial charge in [-0.3, -0.25) is 9.59 Å². The number of nitrogens with zero attached hydrogens (tertiary/aromatic N) is 2. The van der Waals surface area contributed by atoms with E-state index in [1.165, 1.54) is 0 Å². The Kier molecular flexibility index (Phi) is 4.04. The Morgan fingerprint density at radius 1 is 1.16 bits per heavy atom. The Morgan fingerprint density at radius 3 is 2.76 bits per heavy atom. The van der Waals surface area contributed by atoms with Crippen LogP contribution < -0.4 is 0 Å². The molecule has 5 nitrogen and oxygen atoms in total. The van der Waals surface area contributed by atoms with Crippen molar-refractivity contribution >= 4 is 23.4 Å². The van der Waals surface area contributed by atoms with Crippen LogP contribution in [0, 0.1) is 5.92 Å². The van der Waals surface area contributed by atoms with Gasteiger partial charge in [0, 0.05) is 31.7 Å². The van der Waals surface area contributed by atoms with E-state index >= 15 is 0 Å². The maximum Gasteiger partial charge on any atom is 0.289 e. The lowest BCUT2D eigenvalue weighted by atomic mass is 9.95. The maximum atomic E-state index is 12.9. The second-order valence-electron chi connectivity index (χ2n) is 6.73. The van der Waals surface area contributed by atoms with E-state index in [9.17, 15) is 9.59 Å². The van der Waals surface area contributed by atoms with Crippen LogP contribution in [0.5, 0.6) is 0 Å². The number of fused-ring (bicyclic) bond motifs is 4. The van der Waals surface area contributed by atoms with Crippen LogP contribution in [0.25, 0.3) is 11.3 Å². The number of likely N-dealkylation sites (N-methyl/N-ethyl adjacent to an activating group) is 1. The summed E-state index contributed by atoms with van der Waals surface area (Å²) in [6.07, 6.45) is 1.79. The predicted octanol–water partition coefficient (Wildman–Crippen LogP) is 3.29. The quantitative estimate of drug-likeness (QED) is 0.827. The van der Waals surface area contributed by atoms with Crippen LogP contribution in [0.15, 0.2) is 40.8 Å². The highest BCUT2D eigenvalue weighted by Gasteiger charge is 2.40.